The van der Waals surface area contributed by atoms with Crippen LogP contribution in [-0.4, -0.2) is 42.2 Å². The number of rotatable bonds is 7. The number of amides is 1. The summed E-state index contributed by atoms with van der Waals surface area (Å²) in [6, 6.07) is 11.1. The van der Waals surface area contributed by atoms with Crippen molar-refractivity contribution in [3.63, 3.8) is 0 Å². The number of anilines is 4. The minimum absolute atomic E-state index is 0.108. The number of H-pyrrole nitrogens is 1. The molecule has 0 atom stereocenters. The third-order valence-corrected chi connectivity index (χ3v) is 5.41. The zero-order valence-electron chi connectivity index (χ0n) is 18.3. The number of ether oxygens (including phenoxy) is 3. The Morgan fingerprint density at radius 2 is 1.76 bits per heavy atom. The summed E-state index contributed by atoms with van der Waals surface area (Å²) in [5, 5.41) is 10.2. The second kappa shape index (κ2) is 8.23. The lowest BCUT2D eigenvalue weighted by Crippen LogP contribution is -2.13. The second-order valence-electron chi connectivity index (χ2n) is 7.32. The highest BCUT2D eigenvalue weighted by Crippen LogP contribution is 2.40. The van der Waals surface area contributed by atoms with Crippen LogP contribution in [0.1, 0.15) is 15.9 Å². The lowest BCUT2D eigenvalue weighted by atomic mass is 10.1. The SMILES string of the molecule is COc1cc(Nc2nc(Nc3cccc4c3C(=O)NC4)c3cc[nH]c3n2)cc(OC)c1OC. The van der Waals surface area contributed by atoms with E-state index in [4.69, 9.17) is 14.2 Å². The van der Waals surface area contributed by atoms with Crippen molar-refractivity contribution in [1.82, 2.24) is 20.3 Å². The molecule has 5 rings (SSSR count). The number of nitrogens with one attached hydrogen (secondary N) is 4. The molecule has 2 aromatic carbocycles. The molecule has 4 N–H and O–H groups in total. The molecule has 4 aromatic rings. The van der Waals surface area contributed by atoms with Crippen molar-refractivity contribution in [3.8, 4) is 17.2 Å². The maximum absolute atomic E-state index is 12.3. The van der Waals surface area contributed by atoms with Gasteiger partial charge in [0, 0.05) is 30.6 Å². The molecular weight excluding hydrogens is 424 g/mol. The summed E-state index contributed by atoms with van der Waals surface area (Å²) >= 11 is 0. The highest BCUT2D eigenvalue weighted by atomic mass is 16.5. The van der Waals surface area contributed by atoms with E-state index in [9.17, 15) is 4.79 Å². The van der Waals surface area contributed by atoms with Gasteiger partial charge in [0.05, 0.1) is 38.0 Å². The van der Waals surface area contributed by atoms with Crippen molar-refractivity contribution in [3.05, 3.63) is 53.7 Å². The fourth-order valence-corrected chi connectivity index (χ4v) is 3.89. The van der Waals surface area contributed by atoms with E-state index in [0.29, 0.717) is 58.1 Å². The highest BCUT2D eigenvalue weighted by molar-refractivity contribution is 6.04. The van der Waals surface area contributed by atoms with E-state index in [1.165, 1.54) is 0 Å². The maximum Gasteiger partial charge on any atom is 0.254 e. The third-order valence-electron chi connectivity index (χ3n) is 5.41. The first-order valence-corrected chi connectivity index (χ1v) is 10.2. The van der Waals surface area contributed by atoms with Crippen molar-refractivity contribution < 1.29 is 19.0 Å². The zero-order valence-corrected chi connectivity index (χ0v) is 18.3. The van der Waals surface area contributed by atoms with Gasteiger partial charge in [0.1, 0.15) is 11.5 Å². The lowest BCUT2D eigenvalue weighted by molar-refractivity contribution is 0.0966. The van der Waals surface area contributed by atoms with Gasteiger partial charge in [-0.25, -0.2) is 0 Å². The van der Waals surface area contributed by atoms with Crippen molar-refractivity contribution in [2.24, 2.45) is 0 Å². The molecule has 0 spiro atoms. The average Bonchev–Trinajstić information content (AvgIpc) is 3.45. The van der Waals surface area contributed by atoms with Crippen molar-refractivity contribution in [2.75, 3.05) is 32.0 Å². The van der Waals surface area contributed by atoms with Crippen LogP contribution >= 0.6 is 0 Å². The minimum Gasteiger partial charge on any atom is -0.493 e. The molecule has 33 heavy (non-hydrogen) atoms. The number of aromatic amines is 1. The Kier molecular flexibility index (Phi) is 5.09. The molecule has 1 aliphatic rings. The molecule has 1 amide bonds. The Hall–Kier alpha value is -4.47. The molecule has 0 aliphatic carbocycles. The van der Waals surface area contributed by atoms with Crippen LogP contribution in [0.4, 0.5) is 23.1 Å². The Labute approximate surface area is 189 Å². The van der Waals surface area contributed by atoms with Crippen LogP contribution in [-0.2, 0) is 6.54 Å². The van der Waals surface area contributed by atoms with Gasteiger partial charge in [-0.2, -0.15) is 9.97 Å². The Morgan fingerprint density at radius 3 is 2.48 bits per heavy atom. The molecule has 0 radical (unpaired) electrons. The predicted octanol–water partition coefficient (Wildman–Crippen LogP) is 3.71. The number of benzene rings is 2. The highest BCUT2D eigenvalue weighted by Gasteiger charge is 2.23. The van der Waals surface area contributed by atoms with Crippen LogP contribution in [0.5, 0.6) is 17.2 Å². The number of methoxy groups -OCH3 is 3. The van der Waals surface area contributed by atoms with Gasteiger partial charge in [-0.3, -0.25) is 4.79 Å². The van der Waals surface area contributed by atoms with Gasteiger partial charge in [0.15, 0.2) is 11.5 Å². The first kappa shape index (κ1) is 20.4. The van der Waals surface area contributed by atoms with Crippen LogP contribution in [0.25, 0.3) is 11.0 Å². The number of carbonyl (C=O) groups excluding carboxylic acids is 1. The Bertz CT molecular complexity index is 1340. The van der Waals surface area contributed by atoms with Gasteiger partial charge >= 0.3 is 0 Å². The predicted molar refractivity (Wildman–Crippen MR) is 124 cm³/mol. The fourth-order valence-electron chi connectivity index (χ4n) is 3.89. The molecule has 0 fully saturated rings. The molecule has 2 aromatic heterocycles. The average molecular weight is 446 g/mol. The first-order valence-electron chi connectivity index (χ1n) is 10.2. The lowest BCUT2D eigenvalue weighted by Gasteiger charge is -2.15. The normalized spacial score (nSPS) is 12.3. The number of hydrogen-bond donors (Lipinski definition) is 4. The van der Waals surface area contributed by atoms with Crippen LogP contribution in [0.15, 0.2) is 42.6 Å². The monoisotopic (exact) mass is 446 g/mol. The molecule has 10 nitrogen and oxygen atoms in total. The van der Waals surface area contributed by atoms with E-state index >= 15 is 0 Å². The summed E-state index contributed by atoms with van der Waals surface area (Å²) < 4.78 is 16.2. The molecule has 0 saturated heterocycles. The van der Waals surface area contributed by atoms with Crippen molar-refractivity contribution >= 4 is 40.1 Å². The number of aromatic nitrogens is 3. The topological polar surface area (TPSA) is 122 Å². The summed E-state index contributed by atoms with van der Waals surface area (Å²) in [7, 11) is 4.66. The number of fused-ring (bicyclic) bond motifs is 2. The van der Waals surface area contributed by atoms with Crippen LogP contribution < -0.4 is 30.2 Å². The fraction of sp³-hybridized carbons (Fsp3) is 0.174. The van der Waals surface area contributed by atoms with E-state index in [2.05, 4.69) is 30.9 Å². The molecule has 1 aliphatic heterocycles. The molecule has 168 valence electrons. The van der Waals surface area contributed by atoms with Crippen molar-refractivity contribution in [1.29, 1.82) is 0 Å². The van der Waals surface area contributed by atoms with Crippen LogP contribution in [0.2, 0.25) is 0 Å². The smallest absolute Gasteiger partial charge is 0.254 e. The Morgan fingerprint density at radius 1 is 0.970 bits per heavy atom. The second-order valence-corrected chi connectivity index (χ2v) is 7.32. The third kappa shape index (κ3) is 3.61. The van der Waals surface area contributed by atoms with Crippen LogP contribution in [0, 0.1) is 0 Å². The standard InChI is InChI=1S/C23H22N6O4/c1-31-16-9-13(10-17(32-2)19(16)33-3)26-23-28-20-14(7-8-24-20)21(29-23)27-15-6-4-5-12-11-25-22(30)18(12)15/h4-10H,11H2,1-3H3,(H,25,30)(H3,24,26,27,28,29). The zero-order chi connectivity index (χ0) is 22.9. The minimum atomic E-state index is -0.108. The number of hydrogen-bond acceptors (Lipinski definition) is 8. The van der Waals surface area contributed by atoms with Crippen LogP contribution in [0.3, 0.4) is 0 Å². The van der Waals surface area contributed by atoms with Gasteiger partial charge in [0.2, 0.25) is 11.7 Å². The largest absolute Gasteiger partial charge is 0.493 e. The van der Waals surface area contributed by atoms with Gasteiger partial charge in [-0.05, 0) is 17.7 Å². The summed E-state index contributed by atoms with van der Waals surface area (Å²) in [5.41, 5.74) is 3.54. The number of nitrogens with zero attached hydrogens (tertiary/aromatic N) is 2. The van der Waals surface area contributed by atoms with Gasteiger partial charge in [0.25, 0.3) is 5.91 Å². The molecule has 0 unspecified atom stereocenters. The first-order chi connectivity index (χ1) is 16.1. The van der Waals surface area contributed by atoms with Gasteiger partial charge < -0.3 is 35.1 Å². The molecule has 0 saturated carbocycles. The quantitative estimate of drug-likeness (QED) is 0.339. The summed E-state index contributed by atoms with van der Waals surface area (Å²) in [5.74, 6) is 2.30. The van der Waals surface area contributed by atoms with E-state index in [1.807, 2.05) is 24.3 Å². The van der Waals surface area contributed by atoms with E-state index in [1.54, 1.807) is 39.7 Å². The summed E-state index contributed by atoms with van der Waals surface area (Å²) in [4.78, 5) is 24.7. The molecule has 0 bridgehead atoms. The molecule has 10 heteroatoms. The summed E-state index contributed by atoms with van der Waals surface area (Å²) in [6.45, 7) is 0.515. The van der Waals surface area contributed by atoms with E-state index in [0.717, 1.165) is 10.9 Å². The van der Waals surface area contributed by atoms with Gasteiger partial charge in [-0.1, -0.05) is 12.1 Å². The van der Waals surface area contributed by atoms with E-state index < -0.39 is 0 Å². The maximum atomic E-state index is 12.3. The van der Waals surface area contributed by atoms with E-state index in [-0.39, 0.29) is 5.91 Å². The molecule has 3 heterocycles. The summed E-state index contributed by atoms with van der Waals surface area (Å²) in [6.07, 6.45) is 1.79. The molecular formula is C23H22N6O4. The van der Waals surface area contributed by atoms with Gasteiger partial charge in [-0.15, -0.1) is 0 Å². The number of carbonyl (C=O) groups is 1. The van der Waals surface area contributed by atoms with Crippen molar-refractivity contribution in [2.45, 2.75) is 6.54 Å². The Balaban J connectivity index is 1.54.